The highest BCUT2D eigenvalue weighted by molar-refractivity contribution is 6.17. The molecule has 0 aliphatic heterocycles. The standard InChI is InChI=1S/C58H38N4/c1-5-18-39(19-6-1)43-34-35-52-50(38-43)54-48(31-17-33-53(54)61(52)46-26-9-3-10-27-46)44-24-15-22-41(36-44)42-23-16-25-45(37-42)57-59-56(40-20-7-2-8-21-40)55-49-30-13-14-32-51(49)62(58(55)60-57)47-28-11-4-12-29-47/h1-38H. The summed E-state index contributed by atoms with van der Waals surface area (Å²) in [5, 5.41) is 4.63. The summed E-state index contributed by atoms with van der Waals surface area (Å²) in [5.74, 6) is 0.682. The lowest BCUT2D eigenvalue weighted by Gasteiger charge is -2.12. The summed E-state index contributed by atoms with van der Waals surface area (Å²) in [7, 11) is 0. The van der Waals surface area contributed by atoms with Crippen molar-refractivity contribution in [1.29, 1.82) is 0 Å². The van der Waals surface area contributed by atoms with Gasteiger partial charge in [-0.1, -0.05) is 170 Å². The number of hydrogen-bond acceptors (Lipinski definition) is 2. The Morgan fingerprint density at radius 2 is 0.806 bits per heavy atom. The lowest BCUT2D eigenvalue weighted by Crippen LogP contribution is -1.99. The van der Waals surface area contributed by atoms with Gasteiger partial charge in [0.1, 0.15) is 5.65 Å². The predicted molar refractivity (Wildman–Crippen MR) is 258 cm³/mol. The number of nitrogens with zero attached hydrogens (tertiary/aromatic N) is 4. The molecular weight excluding hydrogens is 753 g/mol. The van der Waals surface area contributed by atoms with Crippen molar-refractivity contribution in [2.75, 3.05) is 0 Å². The molecule has 0 atom stereocenters. The summed E-state index contributed by atoms with van der Waals surface area (Å²) in [5.41, 5.74) is 16.5. The first-order valence-corrected chi connectivity index (χ1v) is 21.1. The van der Waals surface area contributed by atoms with Crippen LogP contribution >= 0.6 is 0 Å². The second-order valence-corrected chi connectivity index (χ2v) is 15.8. The third kappa shape index (κ3) is 5.92. The molecule has 12 aromatic rings. The molecule has 0 aliphatic rings. The molecule has 3 heterocycles. The number of aromatic nitrogens is 4. The maximum absolute atomic E-state index is 5.41. The molecule has 9 aromatic carbocycles. The third-order valence-electron chi connectivity index (χ3n) is 12.1. The van der Waals surface area contributed by atoms with E-state index in [2.05, 4.69) is 240 Å². The van der Waals surface area contributed by atoms with E-state index in [1.54, 1.807) is 0 Å². The van der Waals surface area contributed by atoms with Crippen LogP contribution < -0.4 is 0 Å². The van der Waals surface area contributed by atoms with E-state index in [4.69, 9.17) is 9.97 Å². The summed E-state index contributed by atoms with van der Waals surface area (Å²) in [6.07, 6.45) is 0. The molecule has 4 nitrogen and oxygen atoms in total. The van der Waals surface area contributed by atoms with Crippen molar-refractivity contribution >= 4 is 43.7 Å². The van der Waals surface area contributed by atoms with Gasteiger partial charge in [0.25, 0.3) is 0 Å². The van der Waals surface area contributed by atoms with E-state index in [0.29, 0.717) is 5.82 Å². The smallest absolute Gasteiger partial charge is 0.162 e. The number of benzene rings is 9. The number of para-hydroxylation sites is 3. The summed E-state index contributed by atoms with van der Waals surface area (Å²) in [6, 6.07) is 82.1. The number of fused-ring (bicyclic) bond motifs is 6. The molecule has 0 fully saturated rings. The Morgan fingerprint density at radius 1 is 0.290 bits per heavy atom. The molecule has 0 radical (unpaired) electrons. The van der Waals surface area contributed by atoms with Crippen LogP contribution in [-0.2, 0) is 0 Å². The topological polar surface area (TPSA) is 35.6 Å². The molecular formula is C58H38N4. The second kappa shape index (κ2) is 14.7. The molecule has 4 heteroatoms. The first-order valence-electron chi connectivity index (χ1n) is 21.1. The Morgan fingerprint density at radius 3 is 1.53 bits per heavy atom. The second-order valence-electron chi connectivity index (χ2n) is 15.8. The van der Waals surface area contributed by atoms with Crippen LogP contribution in [0.2, 0.25) is 0 Å². The van der Waals surface area contributed by atoms with Crippen LogP contribution in [0.5, 0.6) is 0 Å². The van der Waals surface area contributed by atoms with Gasteiger partial charge >= 0.3 is 0 Å². The van der Waals surface area contributed by atoms with Gasteiger partial charge in [-0.2, -0.15) is 0 Å². The largest absolute Gasteiger partial charge is 0.309 e. The van der Waals surface area contributed by atoms with Gasteiger partial charge in [-0.25, -0.2) is 9.97 Å². The molecule has 0 saturated heterocycles. The van der Waals surface area contributed by atoms with E-state index < -0.39 is 0 Å². The van der Waals surface area contributed by atoms with Crippen LogP contribution in [0.4, 0.5) is 0 Å². The van der Waals surface area contributed by atoms with Gasteiger partial charge in [0, 0.05) is 38.7 Å². The zero-order valence-electron chi connectivity index (χ0n) is 33.7. The summed E-state index contributed by atoms with van der Waals surface area (Å²) in [4.78, 5) is 10.8. The Balaban J connectivity index is 1.03. The molecule has 0 unspecified atom stereocenters. The number of rotatable bonds is 7. The molecule has 290 valence electrons. The first kappa shape index (κ1) is 35.6. The van der Waals surface area contributed by atoms with E-state index in [1.807, 2.05) is 0 Å². The van der Waals surface area contributed by atoms with E-state index in [-0.39, 0.29) is 0 Å². The lowest BCUT2D eigenvalue weighted by molar-refractivity contribution is 1.11. The van der Waals surface area contributed by atoms with Crippen LogP contribution in [-0.4, -0.2) is 19.1 Å². The van der Waals surface area contributed by atoms with Crippen molar-refractivity contribution in [3.8, 4) is 67.4 Å². The van der Waals surface area contributed by atoms with Crippen molar-refractivity contribution in [2.45, 2.75) is 0 Å². The molecule has 0 saturated carbocycles. The van der Waals surface area contributed by atoms with Gasteiger partial charge in [0.2, 0.25) is 0 Å². The van der Waals surface area contributed by atoms with Crippen LogP contribution in [0.3, 0.4) is 0 Å². The van der Waals surface area contributed by atoms with Crippen LogP contribution in [0.15, 0.2) is 231 Å². The minimum atomic E-state index is 0.682. The monoisotopic (exact) mass is 790 g/mol. The van der Waals surface area contributed by atoms with Crippen molar-refractivity contribution in [2.24, 2.45) is 0 Å². The molecule has 0 bridgehead atoms. The van der Waals surface area contributed by atoms with Gasteiger partial charge in [-0.05, 0) is 94.0 Å². The molecule has 3 aromatic heterocycles. The zero-order valence-corrected chi connectivity index (χ0v) is 33.7. The third-order valence-corrected chi connectivity index (χ3v) is 12.1. The van der Waals surface area contributed by atoms with Crippen LogP contribution in [0, 0.1) is 0 Å². The number of hydrogen-bond donors (Lipinski definition) is 0. The molecule has 0 amide bonds. The van der Waals surface area contributed by atoms with E-state index in [9.17, 15) is 0 Å². The Bertz CT molecular complexity index is 3610. The Hall–Kier alpha value is -8.34. The van der Waals surface area contributed by atoms with Crippen molar-refractivity contribution in [1.82, 2.24) is 19.1 Å². The SMILES string of the molecule is c1ccc(-c2ccc3c(c2)c2c(-c4cccc(-c5cccc(-c6nc(-c7ccccc7)c7c8ccccc8n(-c8ccccc8)c7n6)c5)c4)cccc2n3-c2ccccc2)cc1. The quantitative estimate of drug-likeness (QED) is 0.161. The summed E-state index contributed by atoms with van der Waals surface area (Å²) in [6.45, 7) is 0. The normalized spacial score (nSPS) is 11.5. The van der Waals surface area contributed by atoms with Gasteiger partial charge in [0.05, 0.1) is 27.6 Å². The minimum Gasteiger partial charge on any atom is -0.309 e. The minimum absolute atomic E-state index is 0.682. The first-order chi connectivity index (χ1) is 30.8. The van der Waals surface area contributed by atoms with Crippen molar-refractivity contribution in [3.05, 3.63) is 231 Å². The van der Waals surface area contributed by atoms with E-state index >= 15 is 0 Å². The van der Waals surface area contributed by atoms with E-state index in [0.717, 1.165) is 66.8 Å². The Labute approximate surface area is 359 Å². The highest BCUT2D eigenvalue weighted by Crippen LogP contribution is 2.42. The van der Waals surface area contributed by atoms with Gasteiger partial charge < -0.3 is 4.57 Å². The van der Waals surface area contributed by atoms with E-state index in [1.165, 1.54) is 38.5 Å². The van der Waals surface area contributed by atoms with Gasteiger partial charge in [-0.3, -0.25) is 4.57 Å². The van der Waals surface area contributed by atoms with Crippen LogP contribution in [0.25, 0.3) is 111 Å². The van der Waals surface area contributed by atoms with Crippen molar-refractivity contribution < 1.29 is 0 Å². The summed E-state index contributed by atoms with van der Waals surface area (Å²) >= 11 is 0. The molecule has 0 N–H and O–H groups in total. The fourth-order valence-corrected chi connectivity index (χ4v) is 9.31. The maximum atomic E-state index is 5.41. The highest BCUT2D eigenvalue weighted by Gasteiger charge is 2.22. The maximum Gasteiger partial charge on any atom is 0.162 e. The average molecular weight is 791 g/mol. The fraction of sp³-hybridized carbons (Fsp3) is 0. The predicted octanol–water partition coefficient (Wildman–Crippen LogP) is 15.0. The average Bonchev–Trinajstić information content (AvgIpc) is 3.87. The molecule has 0 spiro atoms. The van der Waals surface area contributed by atoms with Gasteiger partial charge in [0.15, 0.2) is 5.82 Å². The van der Waals surface area contributed by atoms with Crippen LogP contribution in [0.1, 0.15) is 0 Å². The van der Waals surface area contributed by atoms with Gasteiger partial charge in [-0.15, -0.1) is 0 Å². The Kier molecular flexibility index (Phi) is 8.46. The fourth-order valence-electron chi connectivity index (χ4n) is 9.31. The summed E-state index contributed by atoms with van der Waals surface area (Å²) < 4.78 is 4.67. The molecule has 62 heavy (non-hydrogen) atoms. The zero-order chi connectivity index (χ0) is 41.0. The molecule has 0 aliphatic carbocycles. The molecule has 12 rings (SSSR count). The van der Waals surface area contributed by atoms with Crippen molar-refractivity contribution in [3.63, 3.8) is 0 Å². The lowest BCUT2D eigenvalue weighted by atomic mass is 9.94. The highest BCUT2D eigenvalue weighted by atomic mass is 15.1.